The summed E-state index contributed by atoms with van der Waals surface area (Å²) in [6.07, 6.45) is 3.10. The molecule has 0 aliphatic heterocycles. The highest BCUT2D eigenvalue weighted by atomic mass is 16.5. The van der Waals surface area contributed by atoms with Gasteiger partial charge >= 0.3 is 0 Å². The molecule has 0 spiro atoms. The molecule has 0 saturated heterocycles. The number of hydrogen-bond acceptors (Lipinski definition) is 4. The number of nitrogens with one attached hydrogen (secondary N) is 1. The number of carbonyl (C=O) groups excluding carboxylic acids is 2. The van der Waals surface area contributed by atoms with Crippen molar-refractivity contribution in [3.8, 4) is 11.5 Å². The predicted octanol–water partition coefficient (Wildman–Crippen LogP) is 4.65. The van der Waals surface area contributed by atoms with E-state index in [2.05, 4.69) is 12.2 Å². The number of aryl methyl sites for hydroxylation is 1. The van der Waals surface area contributed by atoms with Gasteiger partial charge in [0.2, 0.25) is 5.91 Å². The second-order valence-electron chi connectivity index (χ2n) is 6.37. The van der Waals surface area contributed by atoms with Crippen molar-refractivity contribution >= 4 is 17.4 Å². The smallest absolute Gasteiger partial charge is 0.224 e. The normalized spacial score (nSPS) is 10.3. The Labute approximate surface area is 160 Å². The molecule has 2 aromatic rings. The highest BCUT2D eigenvalue weighted by Gasteiger charge is 2.09. The SMILES string of the molecule is CCCc1ccc(NC(=O)CCCOc2ccc(C(C)=O)cc2OC)cc1. The van der Waals surface area contributed by atoms with Crippen LogP contribution >= 0.6 is 0 Å². The van der Waals surface area contributed by atoms with Crippen LogP contribution in [0.2, 0.25) is 0 Å². The summed E-state index contributed by atoms with van der Waals surface area (Å²) in [6, 6.07) is 13.0. The van der Waals surface area contributed by atoms with E-state index in [-0.39, 0.29) is 11.7 Å². The Morgan fingerprint density at radius 1 is 1.04 bits per heavy atom. The van der Waals surface area contributed by atoms with Crippen molar-refractivity contribution in [3.63, 3.8) is 0 Å². The first-order valence-corrected chi connectivity index (χ1v) is 9.24. The quantitative estimate of drug-likeness (QED) is 0.489. The second-order valence-corrected chi connectivity index (χ2v) is 6.37. The molecule has 0 aliphatic rings. The number of amides is 1. The molecule has 0 unspecified atom stereocenters. The van der Waals surface area contributed by atoms with Gasteiger partial charge in [-0.15, -0.1) is 0 Å². The second kappa shape index (κ2) is 10.4. The van der Waals surface area contributed by atoms with Crippen molar-refractivity contribution in [1.82, 2.24) is 0 Å². The fourth-order valence-corrected chi connectivity index (χ4v) is 2.69. The van der Waals surface area contributed by atoms with E-state index in [1.165, 1.54) is 19.6 Å². The van der Waals surface area contributed by atoms with E-state index in [0.29, 0.717) is 36.5 Å². The molecule has 27 heavy (non-hydrogen) atoms. The zero-order chi connectivity index (χ0) is 19.6. The lowest BCUT2D eigenvalue weighted by atomic mass is 10.1. The van der Waals surface area contributed by atoms with E-state index in [0.717, 1.165) is 18.5 Å². The molecule has 0 radical (unpaired) electrons. The molecule has 5 nitrogen and oxygen atoms in total. The van der Waals surface area contributed by atoms with E-state index in [9.17, 15) is 9.59 Å². The van der Waals surface area contributed by atoms with Crippen LogP contribution in [0.15, 0.2) is 42.5 Å². The van der Waals surface area contributed by atoms with Gasteiger partial charge in [-0.2, -0.15) is 0 Å². The van der Waals surface area contributed by atoms with E-state index < -0.39 is 0 Å². The molecule has 0 aliphatic carbocycles. The molecule has 1 amide bonds. The molecule has 2 rings (SSSR count). The molecule has 0 aromatic heterocycles. The number of carbonyl (C=O) groups is 2. The van der Waals surface area contributed by atoms with Gasteiger partial charge in [-0.3, -0.25) is 9.59 Å². The number of rotatable bonds is 10. The number of ketones is 1. The largest absolute Gasteiger partial charge is 0.493 e. The van der Waals surface area contributed by atoms with Gasteiger partial charge in [0.05, 0.1) is 13.7 Å². The van der Waals surface area contributed by atoms with Crippen LogP contribution in [0.3, 0.4) is 0 Å². The first kappa shape index (κ1) is 20.5. The zero-order valence-electron chi connectivity index (χ0n) is 16.2. The molecule has 0 fully saturated rings. The molecule has 0 atom stereocenters. The number of Topliss-reactive ketones (excluding diaryl/α,β-unsaturated/α-hetero) is 1. The maximum Gasteiger partial charge on any atom is 0.224 e. The Balaban J connectivity index is 1.77. The van der Waals surface area contributed by atoms with Crippen molar-refractivity contribution in [3.05, 3.63) is 53.6 Å². The van der Waals surface area contributed by atoms with Gasteiger partial charge in [0.1, 0.15) is 0 Å². The summed E-state index contributed by atoms with van der Waals surface area (Å²) in [4.78, 5) is 23.5. The summed E-state index contributed by atoms with van der Waals surface area (Å²) in [5, 5.41) is 2.90. The van der Waals surface area contributed by atoms with Crippen LogP contribution in [0.25, 0.3) is 0 Å². The van der Waals surface area contributed by atoms with E-state index in [4.69, 9.17) is 9.47 Å². The third-order valence-corrected chi connectivity index (χ3v) is 4.15. The van der Waals surface area contributed by atoms with E-state index in [1.807, 2.05) is 24.3 Å². The average Bonchev–Trinajstić information content (AvgIpc) is 2.67. The molecule has 0 bridgehead atoms. The van der Waals surface area contributed by atoms with Crippen LogP contribution in [0.5, 0.6) is 11.5 Å². The Morgan fingerprint density at radius 2 is 1.78 bits per heavy atom. The highest BCUT2D eigenvalue weighted by molar-refractivity contribution is 5.94. The van der Waals surface area contributed by atoms with Crippen molar-refractivity contribution in [2.24, 2.45) is 0 Å². The minimum Gasteiger partial charge on any atom is -0.493 e. The third kappa shape index (κ3) is 6.44. The third-order valence-electron chi connectivity index (χ3n) is 4.15. The summed E-state index contributed by atoms with van der Waals surface area (Å²) >= 11 is 0. The first-order chi connectivity index (χ1) is 13.0. The number of anilines is 1. The molecule has 0 heterocycles. The van der Waals surface area contributed by atoms with Crippen LogP contribution in [0, 0.1) is 0 Å². The van der Waals surface area contributed by atoms with Crippen LogP contribution < -0.4 is 14.8 Å². The molecular formula is C22H27NO4. The van der Waals surface area contributed by atoms with Gasteiger partial charge in [-0.05, 0) is 55.7 Å². The summed E-state index contributed by atoms with van der Waals surface area (Å²) in [6.45, 7) is 4.04. The van der Waals surface area contributed by atoms with E-state index >= 15 is 0 Å². The highest BCUT2D eigenvalue weighted by Crippen LogP contribution is 2.28. The Kier molecular flexibility index (Phi) is 7.86. The Hall–Kier alpha value is -2.82. The van der Waals surface area contributed by atoms with Gasteiger partial charge < -0.3 is 14.8 Å². The van der Waals surface area contributed by atoms with Gasteiger partial charge in [-0.25, -0.2) is 0 Å². The Bertz CT molecular complexity index is 768. The molecule has 5 heteroatoms. The summed E-state index contributed by atoms with van der Waals surface area (Å²) in [7, 11) is 1.53. The number of methoxy groups -OCH3 is 1. The lowest BCUT2D eigenvalue weighted by molar-refractivity contribution is -0.116. The van der Waals surface area contributed by atoms with Crippen molar-refractivity contribution in [2.75, 3.05) is 19.0 Å². The monoisotopic (exact) mass is 369 g/mol. The summed E-state index contributed by atoms with van der Waals surface area (Å²) in [5.41, 5.74) is 2.65. The lowest BCUT2D eigenvalue weighted by Gasteiger charge is -2.11. The topological polar surface area (TPSA) is 64.6 Å². The fraction of sp³-hybridized carbons (Fsp3) is 0.364. The average molecular weight is 369 g/mol. The van der Waals surface area contributed by atoms with Gasteiger partial charge in [-0.1, -0.05) is 25.5 Å². The molecule has 0 saturated carbocycles. The predicted molar refractivity (Wildman–Crippen MR) is 107 cm³/mol. The van der Waals surface area contributed by atoms with Gasteiger partial charge in [0, 0.05) is 17.7 Å². The van der Waals surface area contributed by atoms with Crippen LogP contribution in [0.1, 0.15) is 49.0 Å². The summed E-state index contributed by atoms with van der Waals surface area (Å²) in [5.74, 6) is 1.01. The minimum atomic E-state index is -0.0410. The Morgan fingerprint density at radius 3 is 2.41 bits per heavy atom. The van der Waals surface area contributed by atoms with Crippen molar-refractivity contribution in [1.29, 1.82) is 0 Å². The van der Waals surface area contributed by atoms with Gasteiger partial charge in [0.15, 0.2) is 17.3 Å². The minimum absolute atomic E-state index is 0.0285. The van der Waals surface area contributed by atoms with E-state index in [1.54, 1.807) is 18.2 Å². The van der Waals surface area contributed by atoms with Crippen LogP contribution in [0.4, 0.5) is 5.69 Å². The first-order valence-electron chi connectivity index (χ1n) is 9.24. The standard InChI is InChI=1S/C22H27NO4/c1-4-6-17-8-11-19(12-9-17)23-22(25)7-5-14-27-20-13-10-18(16(2)24)15-21(20)26-3/h8-13,15H,4-7,14H2,1-3H3,(H,23,25). The molecule has 144 valence electrons. The van der Waals surface area contributed by atoms with Crippen LogP contribution in [-0.4, -0.2) is 25.4 Å². The molecule has 1 N–H and O–H groups in total. The maximum absolute atomic E-state index is 12.0. The fourth-order valence-electron chi connectivity index (χ4n) is 2.69. The van der Waals surface area contributed by atoms with Crippen molar-refractivity contribution in [2.45, 2.75) is 39.5 Å². The molecular weight excluding hydrogens is 342 g/mol. The summed E-state index contributed by atoms with van der Waals surface area (Å²) < 4.78 is 11.0. The van der Waals surface area contributed by atoms with Crippen LogP contribution in [-0.2, 0) is 11.2 Å². The molecule has 2 aromatic carbocycles. The number of benzene rings is 2. The zero-order valence-corrected chi connectivity index (χ0v) is 16.2. The number of ether oxygens (including phenoxy) is 2. The lowest BCUT2D eigenvalue weighted by Crippen LogP contribution is -2.13. The van der Waals surface area contributed by atoms with Gasteiger partial charge in [0.25, 0.3) is 0 Å². The van der Waals surface area contributed by atoms with Crippen molar-refractivity contribution < 1.29 is 19.1 Å². The number of hydrogen-bond donors (Lipinski definition) is 1. The maximum atomic E-state index is 12.0.